The van der Waals surface area contributed by atoms with E-state index in [2.05, 4.69) is 61.1 Å². The van der Waals surface area contributed by atoms with Crippen LogP contribution >= 0.6 is 0 Å². The van der Waals surface area contributed by atoms with Crippen molar-refractivity contribution < 1.29 is 59.8 Å². The van der Waals surface area contributed by atoms with Crippen LogP contribution in [-0.4, -0.2) is 128 Å². The molecule has 6 fully saturated rings. The number of aliphatic hydroxyl groups is 8. The average molecular weight is 767 g/mol. The topological polar surface area (TPSA) is 199 Å². The third-order valence-corrected chi connectivity index (χ3v) is 16.1. The van der Waals surface area contributed by atoms with Crippen LogP contribution in [0.15, 0.2) is 23.8 Å². The fraction of sp³-hybridized carbons (Fsp3) is 0.905. The Kier molecular flexibility index (Phi) is 12.3. The van der Waals surface area contributed by atoms with Crippen LogP contribution in [0.25, 0.3) is 0 Å². The zero-order valence-electron chi connectivity index (χ0n) is 33.5. The molecule has 8 N–H and O–H groups in total. The molecule has 0 aromatic heterocycles. The highest BCUT2D eigenvalue weighted by Crippen LogP contribution is 2.75. The second kappa shape index (κ2) is 15.6. The van der Waals surface area contributed by atoms with E-state index in [-0.39, 0.29) is 34.2 Å². The monoisotopic (exact) mass is 766 g/mol. The molecule has 6 rings (SSSR count). The van der Waals surface area contributed by atoms with Gasteiger partial charge in [-0.2, -0.15) is 0 Å². The molecule has 12 nitrogen and oxygen atoms in total. The number of ether oxygens (including phenoxy) is 4. The van der Waals surface area contributed by atoms with Crippen molar-refractivity contribution in [3.8, 4) is 0 Å². The summed E-state index contributed by atoms with van der Waals surface area (Å²) in [6.45, 7) is 19.4. The molecule has 2 saturated heterocycles. The van der Waals surface area contributed by atoms with Gasteiger partial charge in [0.05, 0.1) is 25.4 Å². The first-order valence-electron chi connectivity index (χ1n) is 20.5. The van der Waals surface area contributed by atoms with Gasteiger partial charge in [0.1, 0.15) is 48.8 Å². The predicted molar refractivity (Wildman–Crippen MR) is 199 cm³/mol. The highest BCUT2D eigenvalue weighted by Gasteiger charge is 2.70. The van der Waals surface area contributed by atoms with Crippen LogP contribution in [0.1, 0.15) is 106 Å². The Hall–Kier alpha value is -1.00. The molecule has 0 amide bonds. The van der Waals surface area contributed by atoms with Crippen LogP contribution in [-0.2, 0) is 18.9 Å². The Balaban J connectivity index is 1.22. The maximum absolute atomic E-state index is 12.1. The predicted octanol–water partition coefficient (Wildman–Crippen LogP) is 2.95. The SMILES string of the molecule is C=C(CCC=C(C)C)[C@H]1CC[C@]2(C)[C@@H]1[C@H](O)C[C@@H]1[C@@]3(C)CC[C@H](O[C@@H]4O[C@H](CO)[C@@H](O)[C@H](O)[C@@H]4O[C@@H]4O[C@@H](CO)[C@@H](O)[C@H](O)[C@@H]4O)C(C)(C)[C@@H]3CC[C@]12C. The highest BCUT2D eigenvalue weighted by molar-refractivity contribution is 5.22. The maximum atomic E-state index is 12.1. The second-order valence-electron chi connectivity index (χ2n) is 19.4. The van der Waals surface area contributed by atoms with Crippen LogP contribution in [0.5, 0.6) is 0 Å². The van der Waals surface area contributed by atoms with Gasteiger partial charge in [-0.3, -0.25) is 0 Å². The zero-order valence-corrected chi connectivity index (χ0v) is 33.5. The molecule has 6 aliphatic rings. The summed E-state index contributed by atoms with van der Waals surface area (Å²) in [5.41, 5.74) is 2.12. The van der Waals surface area contributed by atoms with Crippen LogP contribution in [0.3, 0.4) is 0 Å². The van der Waals surface area contributed by atoms with Gasteiger partial charge in [0.25, 0.3) is 0 Å². The first kappa shape index (κ1) is 42.6. The third kappa shape index (κ3) is 6.89. The first-order chi connectivity index (χ1) is 25.3. The molecule has 0 radical (unpaired) electrons. The van der Waals surface area contributed by atoms with Gasteiger partial charge in [0, 0.05) is 0 Å². The van der Waals surface area contributed by atoms with Crippen LogP contribution < -0.4 is 0 Å². The summed E-state index contributed by atoms with van der Waals surface area (Å²) in [5.74, 6) is 1.03. The summed E-state index contributed by atoms with van der Waals surface area (Å²) < 4.78 is 24.4. The fourth-order valence-electron chi connectivity index (χ4n) is 13.0. The number of aliphatic hydroxyl groups excluding tert-OH is 8. The van der Waals surface area contributed by atoms with Gasteiger partial charge in [-0.1, -0.05) is 58.4 Å². The summed E-state index contributed by atoms with van der Waals surface area (Å²) in [6, 6.07) is 0. The molecule has 0 aromatic carbocycles. The molecule has 0 aromatic rings. The Bertz CT molecular complexity index is 1370. The number of hydrogen-bond donors (Lipinski definition) is 8. The van der Waals surface area contributed by atoms with E-state index in [1.807, 2.05) is 0 Å². The van der Waals surface area contributed by atoms with Crippen molar-refractivity contribution in [2.45, 2.75) is 180 Å². The number of fused-ring (bicyclic) bond motifs is 5. The summed E-state index contributed by atoms with van der Waals surface area (Å²) in [7, 11) is 0. The van der Waals surface area contributed by atoms with Crippen molar-refractivity contribution in [3.63, 3.8) is 0 Å². The average Bonchev–Trinajstić information content (AvgIpc) is 3.49. The Morgan fingerprint density at radius 2 is 1.33 bits per heavy atom. The lowest BCUT2D eigenvalue weighted by atomic mass is 9.35. The van der Waals surface area contributed by atoms with Crippen LogP contribution in [0.4, 0.5) is 0 Å². The summed E-state index contributed by atoms with van der Waals surface area (Å²) >= 11 is 0. The third-order valence-electron chi connectivity index (χ3n) is 16.1. The number of rotatable bonds is 10. The number of hydrogen-bond acceptors (Lipinski definition) is 12. The van der Waals surface area contributed by atoms with Crippen LogP contribution in [0.2, 0.25) is 0 Å². The molecule has 2 heterocycles. The van der Waals surface area contributed by atoms with Gasteiger partial charge in [-0.05, 0) is 117 Å². The van der Waals surface area contributed by atoms with E-state index < -0.39 is 86.1 Å². The summed E-state index contributed by atoms with van der Waals surface area (Å²) in [6.07, 6.45) is -5.12. The van der Waals surface area contributed by atoms with Crippen molar-refractivity contribution in [1.82, 2.24) is 0 Å². The molecular weight excluding hydrogens is 696 g/mol. The molecule has 0 spiro atoms. The van der Waals surface area contributed by atoms with E-state index in [0.29, 0.717) is 18.3 Å². The molecule has 0 unspecified atom stereocenters. The van der Waals surface area contributed by atoms with Crippen molar-refractivity contribution in [2.24, 2.45) is 45.3 Å². The summed E-state index contributed by atoms with van der Waals surface area (Å²) in [5, 5.41) is 85.4. The largest absolute Gasteiger partial charge is 0.394 e. The van der Waals surface area contributed by atoms with Gasteiger partial charge in [-0.25, -0.2) is 0 Å². The molecule has 310 valence electrons. The van der Waals surface area contributed by atoms with Gasteiger partial charge in [0.15, 0.2) is 12.6 Å². The Labute approximate surface area is 321 Å². The Morgan fingerprint density at radius 3 is 1.96 bits per heavy atom. The van der Waals surface area contributed by atoms with Gasteiger partial charge in [0.2, 0.25) is 0 Å². The molecule has 0 bridgehead atoms. The lowest BCUT2D eigenvalue weighted by molar-refractivity contribution is -0.378. The van der Waals surface area contributed by atoms with Gasteiger partial charge in [-0.15, -0.1) is 0 Å². The minimum Gasteiger partial charge on any atom is -0.394 e. The second-order valence-corrected chi connectivity index (χ2v) is 19.4. The Morgan fingerprint density at radius 1 is 0.722 bits per heavy atom. The molecule has 19 atom stereocenters. The first-order valence-corrected chi connectivity index (χ1v) is 20.5. The van der Waals surface area contributed by atoms with E-state index in [1.165, 1.54) is 11.1 Å². The van der Waals surface area contributed by atoms with Gasteiger partial charge < -0.3 is 59.8 Å². The molecule has 54 heavy (non-hydrogen) atoms. The van der Waals surface area contributed by atoms with E-state index in [9.17, 15) is 40.9 Å². The minimum absolute atomic E-state index is 0.0217. The molecule has 12 heteroatoms. The summed E-state index contributed by atoms with van der Waals surface area (Å²) in [4.78, 5) is 0. The smallest absolute Gasteiger partial charge is 0.187 e. The minimum atomic E-state index is -1.74. The maximum Gasteiger partial charge on any atom is 0.187 e. The standard InChI is InChI=1S/C42H70O12/c1-21(2)10-9-11-22(3)23-12-16-42(8)30(23)24(45)18-28-40(6)15-14-29(39(4,5)27(40)13-17-41(28,42)7)53-38-36(34(49)32(47)26(20-44)52-38)54-37-35(50)33(48)31(46)25(19-43)51-37/h10,23-38,43-50H,3,9,11-20H2,1-2,4-8H3/t23-,24-,25+,26-,27+,28-,29+,30+,31-,32-,33+,34+,35+,36+,37+,38+,40+,41-,42-/m1/s1. The lowest BCUT2D eigenvalue weighted by Gasteiger charge is -2.70. The molecule has 4 saturated carbocycles. The van der Waals surface area contributed by atoms with E-state index in [1.54, 1.807) is 0 Å². The van der Waals surface area contributed by atoms with Crippen molar-refractivity contribution in [1.29, 1.82) is 0 Å². The van der Waals surface area contributed by atoms with Crippen LogP contribution in [0, 0.1) is 45.3 Å². The highest BCUT2D eigenvalue weighted by atomic mass is 16.8. The molecule has 2 aliphatic heterocycles. The molecule has 4 aliphatic carbocycles. The fourth-order valence-corrected chi connectivity index (χ4v) is 13.0. The van der Waals surface area contributed by atoms with Crippen molar-refractivity contribution >= 4 is 0 Å². The normalized spacial score (nSPS) is 51.5. The van der Waals surface area contributed by atoms with Crippen molar-refractivity contribution in [3.05, 3.63) is 23.8 Å². The van der Waals surface area contributed by atoms with E-state index in [0.717, 1.165) is 51.4 Å². The van der Waals surface area contributed by atoms with Crippen molar-refractivity contribution in [2.75, 3.05) is 13.2 Å². The van der Waals surface area contributed by atoms with E-state index >= 15 is 0 Å². The molecular formula is C42H70O12. The zero-order chi connectivity index (χ0) is 39.7. The lowest BCUT2D eigenvalue weighted by Crippen LogP contribution is -2.67. The van der Waals surface area contributed by atoms with Gasteiger partial charge >= 0.3 is 0 Å². The number of allylic oxidation sites excluding steroid dienone is 3. The van der Waals surface area contributed by atoms with E-state index in [4.69, 9.17) is 18.9 Å². The quantitative estimate of drug-likeness (QED) is 0.120.